The van der Waals surface area contributed by atoms with Crippen molar-refractivity contribution in [3.8, 4) is 0 Å². The molecule has 102 valence electrons. The van der Waals surface area contributed by atoms with Gasteiger partial charge in [-0.1, -0.05) is 52.0 Å². The van der Waals surface area contributed by atoms with Crippen molar-refractivity contribution < 1.29 is 21.0 Å². The van der Waals surface area contributed by atoms with E-state index in [-0.39, 0.29) is 13.5 Å². The Morgan fingerprint density at radius 3 is 1.12 bits per heavy atom. The summed E-state index contributed by atoms with van der Waals surface area (Å²) in [6, 6.07) is 8.72. The lowest BCUT2D eigenvalue weighted by atomic mass is 9.91. The van der Waals surface area contributed by atoms with Crippen molar-refractivity contribution >= 4 is 13.5 Å². The Hall–Kier alpha value is -0.590. The highest BCUT2D eigenvalue weighted by Gasteiger charge is 2.07. The average Bonchev–Trinajstić information content (AvgIpc) is 2.34. The smallest absolute Gasteiger partial charge is 0.0216 e. The first-order valence-corrected chi connectivity index (χ1v) is 5.11. The highest BCUT2D eigenvalue weighted by atomic mass is 32.1. The van der Waals surface area contributed by atoms with E-state index in [2.05, 4.69) is 52.0 Å². The molecule has 1 aromatic rings. The summed E-state index contributed by atoms with van der Waals surface area (Å²) in [5.74, 6) is 1.28. The van der Waals surface area contributed by atoms with Crippen LogP contribution in [-0.2, 0) is 0 Å². The monoisotopic (exact) mass is 264 g/mol. The molecule has 0 heterocycles. The largest absolute Gasteiger partial charge is 0.255 e. The summed E-state index contributed by atoms with van der Waals surface area (Å²) in [7, 11) is 0. The van der Waals surface area contributed by atoms with Crippen LogP contribution in [0.5, 0.6) is 0 Å². The first-order chi connectivity index (χ1) is 7.63. The van der Waals surface area contributed by atoms with Gasteiger partial charge in [0.25, 0.3) is 0 Å². The molecule has 4 nitrogen and oxygen atoms in total. The highest BCUT2D eigenvalue weighted by Crippen LogP contribution is 2.25. The molecule has 0 atom stereocenters. The molecular weight excluding hydrogens is 240 g/mol. The SMILES string of the molecule is CC(C)c1ccccc1C(C)C.OO.OO.S. The minimum Gasteiger partial charge on any atom is -0.255 e. The van der Waals surface area contributed by atoms with E-state index in [1.807, 2.05) is 0 Å². The molecule has 0 aromatic heterocycles. The third-order valence-electron chi connectivity index (χ3n) is 2.24. The van der Waals surface area contributed by atoms with E-state index in [1.165, 1.54) is 11.1 Å². The number of hydrogen-bond acceptors (Lipinski definition) is 4. The fourth-order valence-electron chi connectivity index (χ4n) is 1.56. The van der Waals surface area contributed by atoms with Crippen molar-refractivity contribution in [2.45, 2.75) is 39.5 Å². The molecule has 0 fully saturated rings. The van der Waals surface area contributed by atoms with Crippen LogP contribution >= 0.6 is 13.5 Å². The molecule has 0 aliphatic carbocycles. The molecule has 0 aliphatic rings. The Morgan fingerprint density at radius 2 is 0.941 bits per heavy atom. The summed E-state index contributed by atoms with van der Waals surface area (Å²) in [5, 5.41) is 24.0. The highest BCUT2D eigenvalue weighted by molar-refractivity contribution is 7.59. The zero-order valence-electron chi connectivity index (χ0n) is 10.8. The maximum Gasteiger partial charge on any atom is -0.0216 e. The molecule has 4 N–H and O–H groups in total. The molecule has 0 bridgehead atoms. The van der Waals surface area contributed by atoms with Crippen LogP contribution in [0, 0.1) is 0 Å². The predicted octanol–water partition coefficient (Wildman–Crippen LogP) is 4.08. The second-order valence-corrected chi connectivity index (χ2v) is 3.94. The number of hydrogen-bond donors (Lipinski definition) is 4. The van der Waals surface area contributed by atoms with Crippen LogP contribution < -0.4 is 0 Å². The minimum absolute atomic E-state index is 0. The zero-order chi connectivity index (χ0) is 13.1. The number of benzene rings is 1. The van der Waals surface area contributed by atoms with E-state index in [4.69, 9.17) is 21.0 Å². The Bertz CT molecular complexity index is 237. The topological polar surface area (TPSA) is 80.9 Å². The van der Waals surface area contributed by atoms with E-state index in [9.17, 15) is 0 Å². The maximum absolute atomic E-state index is 6.00. The van der Waals surface area contributed by atoms with Gasteiger partial charge in [0.2, 0.25) is 0 Å². The van der Waals surface area contributed by atoms with Crippen LogP contribution in [0.15, 0.2) is 24.3 Å². The van der Waals surface area contributed by atoms with Crippen LogP contribution in [0.3, 0.4) is 0 Å². The van der Waals surface area contributed by atoms with Gasteiger partial charge in [0, 0.05) is 0 Å². The summed E-state index contributed by atoms with van der Waals surface area (Å²) >= 11 is 0. The Labute approximate surface area is 110 Å². The third kappa shape index (κ3) is 8.18. The van der Waals surface area contributed by atoms with Crippen molar-refractivity contribution in [2.75, 3.05) is 0 Å². The van der Waals surface area contributed by atoms with Crippen LogP contribution in [0.2, 0.25) is 0 Å². The van der Waals surface area contributed by atoms with Gasteiger partial charge >= 0.3 is 0 Å². The third-order valence-corrected chi connectivity index (χ3v) is 2.24. The van der Waals surface area contributed by atoms with Gasteiger partial charge in [-0.3, -0.25) is 21.0 Å². The van der Waals surface area contributed by atoms with Gasteiger partial charge in [-0.15, -0.1) is 0 Å². The average molecular weight is 264 g/mol. The lowest BCUT2D eigenvalue weighted by molar-refractivity contribution is -0.176. The van der Waals surface area contributed by atoms with Crippen LogP contribution in [0.1, 0.15) is 50.7 Å². The molecule has 1 aromatic carbocycles. The fraction of sp³-hybridized carbons (Fsp3) is 0.500. The molecule has 1 rings (SSSR count). The van der Waals surface area contributed by atoms with E-state index in [1.54, 1.807) is 0 Å². The molecule has 0 saturated heterocycles. The van der Waals surface area contributed by atoms with Crippen molar-refractivity contribution in [3.63, 3.8) is 0 Å². The molecule has 0 spiro atoms. The molecule has 0 amide bonds. The van der Waals surface area contributed by atoms with Gasteiger partial charge in [-0.2, -0.15) is 13.5 Å². The second kappa shape index (κ2) is 13.5. The Morgan fingerprint density at radius 1 is 0.706 bits per heavy atom. The summed E-state index contributed by atoms with van der Waals surface area (Å²) in [6.07, 6.45) is 0. The summed E-state index contributed by atoms with van der Waals surface area (Å²) in [4.78, 5) is 0. The van der Waals surface area contributed by atoms with E-state index in [0.29, 0.717) is 11.8 Å². The Balaban J connectivity index is -0.000000355. The first-order valence-electron chi connectivity index (χ1n) is 5.11. The number of rotatable bonds is 2. The lowest BCUT2D eigenvalue weighted by Gasteiger charge is -2.14. The molecule has 0 radical (unpaired) electrons. The molecule has 17 heavy (non-hydrogen) atoms. The standard InChI is InChI=1S/C12H18.2H2O2.H2S/c1-9(2)11-7-5-6-8-12(11)10(3)4;2*1-2;/h5-10H,1-4H3;2*1-2H;1H2. The first kappa shape index (κ1) is 21.7. The normalized spacial score (nSPS) is 8.59. The Kier molecular flexibility index (Phi) is 17.2. The van der Waals surface area contributed by atoms with Gasteiger partial charge in [-0.05, 0) is 23.0 Å². The molecule has 0 unspecified atom stereocenters. The zero-order valence-corrected chi connectivity index (χ0v) is 11.8. The van der Waals surface area contributed by atoms with Gasteiger partial charge in [-0.25, -0.2) is 0 Å². The van der Waals surface area contributed by atoms with Crippen molar-refractivity contribution in [2.24, 2.45) is 0 Å². The van der Waals surface area contributed by atoms with Crippen molar-refractivity contribution in [1.29, 1.82) is 0 Å². The quantitative estimate of drug-likeness (QED) is 0.479. The molecular formula is C12H24O4S. The van der Waals surface area contributed by atoms with Crippen LogP contribution in [0.4, 0.5) is 0 Å². The predicted molar refractivity (Wildman–Crippen MR) is 75.5 cm³/mol. The van der Waals surface area contributed by atoms with Crippen molar-refractivity contribution in [3.05, 3.63) is 35.4 Å². The van der Waals surface area contributed by atoms with Gasteiger partial charge in [0.05, 0.1) is 0 Å². The van der Waals surface area contributed by atoms with Crippen LogP contribution in [0.25, 0.3) is 0 Å². The van der Waals surface area contributed by atoms with Gasteiger partial charge in [0.1, 0.15) is 0 Å². The molecule has 5 heteroatoms. The second-order valence-electron chi connectivity index (χ2n) is 3.94. The fourth-order valence-corrected chi connectivity index (χ4v) is 1.56. The van der Waals surface area contributed by atoms with Crippen LogP contribution in [-0.4, -0.2) is 21.0 Å². The lowest BCUT2D eigenvalue weighted by Crippen LogP contribution is -1.97. The molecule has 0 saturated carbocycles. The summed E-state index contributed by atoms with van der Waals surface area (Å²) < 4.78 is 0. The maximum atomic E-state index is 6.00. The summed E-state index contributed by atoms with van der Waals surface area (Å²) in [6.45, 7) is 9.00. The summed E-state index contributed by atoms with van der Waals surface area (Å²) in [5.41, 5.74) is 2.99. The molecule has 0 aliphatic heterocycles. The van der Waals surface area contributed by atoms with E-state index in [0.717, 1.165) is 0 Å². The minimum atomic E-state index is 0. The van der Waals surface area contributed by atoms with Gasteiger partial charge < -0.3 is 0 Å². The van der Waals surface area contributed by atoms with Gasteiger partial charge in [0.15, 0.2) is 0 Å². The van der Waals surface area contributed by atoms with E-state index >= 15 is 0 Å². The van der Waals surface area contributed by atoms with Crippen molar-refractivity contribution in [1.82, 2.24) is 0 Å². The van der Waals surface area contributed by atoms with E-state index < -0.39 is 0 Å².